The van der Waals surface area contributed by atoms with E-state index in [2.05, 4.69) is 4.98 Å². The second-order valence-electron chi connectivity index (χ2n) is 6.54. The van der Waals surface area contributed by atoms with Crippen LogP contribution < -0.4 is 16.0 Å². The average Bonchev–Trinajstić information content (AvgIpc) is 3.04. The molecule has 0 aliphatic heterocycles. The summed E-state index contributed by atoms with van der Waals surface area (Å²) in [6, 6.07) is 12.7. The van der Waals surface area contributed by atoms with Gasteiger partial charge in [-0.25, -0.2) is 9.18 Å². The molecular weight excluding hydrogens is 399 g/mol. The molecule has 0 aliphatic rings. The van der Waals surface area contributed by atoms with E-state index in [0.717, 1.165) is 4.57 Å². The van der Waals surface area contributed by atoms with Crippen LogP contribution in [0.4, 0.5) is 4.39 Å². The van der Waals surface area contributed by atoms with E-state index in [-0.39, 0.29) is 23.7 Å². The number of nitrogens with zero attached hydrogens (tertiary/aromatic N) is 4. The molecule has 0 spiro atoms. The van der Waals surface area contributed by atoms with Gasteiger partial charge >= 0.3 is 11.7 Å². The summed E-state index contributed by atoms with van der Waals surface area (Å²) in [7, 11) is 2.92. The number of imidazole rings is 1. The number of ether oxygens (including phenoxy) is 1. The molecule has 2 heterocycles. The maximum absolute atomic E-state index is 13.7. The molecule has 0 N–H and O–H groups in total. The Labute approximate surface area is 169 Å². The van der Waals surface area contributed by atoms with Gasteiger partial charge in [0.1, 0.15) is 11.6 Å². The van der Waals surface area contributed by atoms with Gasteiger partial charge in [0.2, 0.25) is 0 Å². The van der Waals surface area contributed by atoms with Crippen molar-refractivity contribution in [3.8, 4) is 11.8 Å². The Bertz CT molecular complexity index is 1340. The molecule has 9 heteroatoms. The van der Waals surface area contributed by atoms with Gasteiger partial charge < -0.3 is 4.74 Å². The van der Waals surface area contributed by atoms with Crippen LogP contribution in [-0.2, 0) is 20.6 Å². The standard InChI is InChI=1S/C20H16ClFN4O3/c1-24-17-16(18(27)25(2)20(24)28)26(11-12-4-3-5-14(22)10-12)19(23-17)29-15-8-6-13(21)7-9-15/h3-10H,11H2,1-2H3. The van der Waals surface area contributed by atoms with E-state index in [1.165, 1.54) is 35.4 Å². The Hall–Kier alpha value is -3.39. The molecule has 0 aliphatic carbocycles. The third-order valence-electron chi connectivity index (χ3n) is 4.57. The van der Waals surface area contributed by atoms with Crippen molar-refractivity contribution in [2.75, 3.05) is 0 Å². The van der Waals surface area contributed by atoms with E-state index in [0.29, 0.717) is 16.3 Å². The van der Waals surface area contributed by atoms with Crippen LogP contribution in [-0.4, -0.2) is 18.7 Å². The highest BCUT2D eigenvalue weighted by Crippen LogP contribution is 2.26. The second kappa shape index (κ2) is 7.21. The minimum absolute atomic E-state index is 0.102. The molecule has 0 atom stereocenters. The molecular formula is C20H16ClFN4O3. The van der Waals surface area contributed by atoms with Gasteiger partial charge in [-0.2, -0.15) is 4.98 Å². The molecule has 7 nitrogen and oxygen atoms in total. The number of hydrogen-bond acceptors (Lipinski definition) is 4. The first kappa shape index (κ1) is 18.9. The van der Waals surface area contributed by atoms with Crippen molar-refractivity contribution in [2.45, 2.75) is 6.54 Å². The van der Waals surface area contributed by atoms with Gasteiger partial charge in [0, 0.05) is 19.1 Å². The molecule has 0 amide bonds. The summed E-state index contributed by atoms with van der Waals surface area (Å²) in [5.41, 5.74) is -0.0450. The summed E-state index contributed by atoms with van der Waals surface area (Å²) in [6.07, 6.45) is 0. The zero-order valence-electron chi connectivity index (χ0n) is 15.6. The first-order valence-electron chi connectivity index (χ1n) is 8.69. The minimum Gasteiger partial charge on any atom is -0.425 e. The molecule has 148 valence electrons. The van der Waals surface area contributed by atoms with Gasteiger partial charge in [0.25, 0.3) is 5.56 Å². The normalized spacial score (nSPS) is 11.2. The van der Waals surface area contributed by atoms with E-state index in [9.17, 15) is 14.0 Å². The van der Waals surface area contributed by atoms with Crippen molar-refractivity contribution in [3.05, 3.63) is 85.8 Å². The van der Waals surface area contributed by atoms with Crippen LogP contribution in [0, 0.1) is 5.82 Å². The van der Waals surface area contributed by atoms with Gasteiger partial charge in [-0.15, -0.1) is 0 Å². The van der Waals surface area contributed by atoms with E-state index in [4.69, 9.17) is 16.3 Å². The van der Waals surface area contributed by atoms with Crippen LogP contribution in [0.15, 0.2) is 58.1 Å². The Morgan fingerprint density at radius 1 is 1.07 bits per heavy atom. The lowest BCUT2D eigenvalue weighted by Gasteiger charge is -2.10. The number of hydrogen-bond donors (Lipinski definition) is 0. The summed E-state index contributed by atoms with van der Waals surface area (Å²) in [4.78, 5) is 29.5. The summed E-state index contributed by atoms with van der Waals surface area (Å²) < 4.78 is 23.4. The van der Waals surface area contributed by atoms with Gasteiger partial charge in [-0.3, -0.25) is 18.5 Å². The SMILES string of the molecule is Cn1c(=O)c2c(nc(Oc3ccc(Cl)cc3)n2Cc2cccc(F)c2)n(C)c1=O. The number of halogens is 2. The molecule has 0 bridgehead atoms. The Kier molecular flexibility index (Phi) is 4.71. The van der Waals surface area contributed by atoms with E-state index < -0.39 is 17.1 Å². The van der Waals surface area contributed by atoms with Gasteiger partial charge in [0.05, 0.1) is 6.54 Å². The van der Waals surface area contributed by atoms with E-state index >= 15 is 0 Å². The highest BCUT2D eigenvalue weighted by molar-refractivity contribution is 6.30. The monoisotopic (exact) mass is 414 g/mol. The fraction of sp³-hybridized carbons (Fsp3) is 0.150. The van der Waals surface area contributed by atoms with Gasteiger partial charge in [0.15, 0.2) is 11.2 Å². The van der Waals surface area contributed by atoms with Crippen LogP contribution in [0.3, 0.4) is 0 Å². The highest BCUT2D eigenvalue weighted by atomic mass is 35.5. The number of benzene rings is 2. The van der Waals surface area contributed by atoms with E-state index in [1.807, 2.05) is 0 Å². The summed E-state index contributed by atoms with van der Waals surface area (Å²) in [5, 5.41) is 0.543. The third kappa shape index (κ3) is 3.42. The van der Waals surface area contributed by atoms with Crippen molar-refractivity contribution in [2.24, 2.45) is 14.1 Å². The van der Waals surface area contributed by atoms with Crippen molar-refractivity contribution in [3.63, 3.8) is 0 Å². The first-order chi connectivity index (χ1) is 13.8. The largest absolute Gasteiger partial charge is 0.425 e. The molecule has 2 aromatic carbocycles. The molecule has 4 aromatic rings. The van der Waals surface area contributed by atoms with Crippen LogP contribution >= 0.6 is 11.6 Å². The third-order valence-corrected chi connectivity index (χ3v) is 4.82. The van der Waals surface area contributed by atoms with E-state index in [1.54, 1.807) is 36.4 Å². The molecule has 0 saturated heterocycles. The smallest absolute Gasteiger partial charge is 0.332 e. The maximum Gasteiger partial charge on any atom is 0.332 e. The Balaban J connectivity index is 1.94. The second-order valence-corrected chi connectivity index (χ2v) is 6.98. The van der Waals surface area contributed by atoms with Gasteiger partial charge in [-0.1, -0.05) is 23.7 Å². The van der Waals surface area contributed by atoms with Crippen molar-refractivity contribution >= 4 is 22.8 Å². The Morgan fingerprint density at radius 2 is 1.79 bits per heavy atom. The van der Waals surface area contributed by atoms with Crippen LogP contribution in [0.5, 0.6) is 11.8 Å². The fourth-order valence-electron chi connectivity index (χ4n) is 3.08. The molecule has 0 radical (unpaired) electrons. The lowest BCUT2D eigenvalue weighted by Crippen LogP contribution is -2.37. The highest BCUT2D eigenvalue weighted by Gasteiger charge is 2.21. The number of fused-ring (bicyclic) bond motifs is 1. The quantitative estimate of drug-likeness (QED) is 0.514. The van der Waals surface area contributed by atoms with Crippen molar-refractivity contribution < 1.29 is 9.13 Å². The zero-order chi connectivity index (χ0) is 20.7. The number of aromatic nitrogens is 4. The van der Waals surface area contributed by atoms with Crippen molar-refractivity contribution in [1.82, 2.24) is 18.7 Å². The lowest BCUT2D eigenvalue weighted by atomic mass is 10.2. The molecule has 2 aromatic heterocycles. The predicted molar refractivity (Wildman–Crippen MR) is 107 cm³/mol. The summed E-state index contributed by atoms with van der Waals surface area (Å²) in [5.74, 6) is 0.0550. The maximum atomic E-state index is 13.7. The minimum atomic E-state index is -0.516. The molecule has 29 heavy (non-hydrogen) atoms. The van der Waals surface area contributed by atoms with Gasteiger partial charge in [-0.05, 0) is 42.0 Å². The lowest BCUT2D eigenvalue weighted by molar-refractivity contribution is 0.421. The molecule has 0 saturated carbocycles. The summed E-state index contributed by atoms with van der Waals surface area (Å²) in [6.45, 7) is 0.130. The van der Waals surface area contributed by atoms with Crippen LogP contribution in [0.1, 0.15) is 5.56 Å². The Morgan fingerprint density at radius 3 is 2.48 bits per heavy atom. The van der Waals surface area contributed by atoms with Crippen LogP contribution in [0.2, 0.25) is 5.02 Å². The topological polar surface area (TPSA) is 71.1 Å². The van der Waals surface area contributed by atoms with Crippen LogP contribution in [0.25, 0.3) is 11.2 Å². The summed E-state index contributed by atoms with van der Waals surface area (Å²) >= 11 is 5.91. The number of aryl methyl sites for hydroxylation is 1. The molecule has 0 fully saturated rings. The molecule has 4 rings (SSSR count). The first-order valence-corrected chi connectivity index (χ1v) is 9.07. The fourth-order valence-corrected chi connectivity index (χ4v) is 3.20. The van der Waals surface area contributed by atoms with Crippen molar-refractivity contribution in [1.29, 1.82) is 0 Å². The zero-order valence-corrected chi connectivity index (χ0v) is 16.4. The average molecular weight is 415 g/mol. The molecule has 0 unspecified atom stereocenters. The number of rotatable bonds is 4. The predicted octanol–water partition coefficient (Wildman–Crippen LogP) is 3.07.